The molecule has 4 rings (SSSR count). The summed E-state index contributed by atoms with van der Waals surface area (Å²) in [7, 11) is -3.90. The number of nitrogens with one attached hydrogen (secondary N) is 1. The average Bonchev–Trinajstić information content (AvgIpc) is 3.27. The minimum atomic E-state index is -3.53. The van der Waals surface area contributed by atoms with E-state index in [1.807, 2.05) is 0 Å². The van der Waals surface area contributed by atoms with Gasteiger partial charge in [-0.25, -0.2) is 25.9 Å². The molecular formula is C24H32N4O5S2. The molecule has 2 aliphatic heterocycles. The van der Waals surface area contributed by atoms with Crippen molar-refractivity contribution < 1.29 is 21.6 Å². The lowest BCUT2D eigenvalue weighted by atomic mass is 10.1. The quantitative estimate of drug-likeness (QED) is 0.598. The van der Waals surface area contributed by atoms with Crippen LogP contribution < -0.4 is 10.2 Å². The minimum Gasteiger partial charge on any atom is -0.334 e. The highest BCUT2D eigenvalue weighted by molar-refractivity contribution is 7.91. The number of piperidine rings is 1. The first kappa shape index (κ1) is 25.6. The maximum Gasteiger partial charge on any atom is 0.322 e. The second-order valence-corrected chi connectivity index (χ2v) is 13.5. The number of fused-ring (bicyclic) bond motifs is 1. The summed E-state index contributed by atoms with van der Waals surface area (Å²) in [5.74, 6) is 0.0371. The van der Waals surface area contributed by atoms with Gasteiger partial charge in [0.1, 0.15) is 0 Å². The number of sulfone groups is 1. The van der Waals surface area contributed by atoms with E-state index in [9.17, 15) is 21.6 Å². The summed E-state index contributed by atoms with van der Waals surface area (Å²) in [6, 6.07) is 13.0. The lowest BCUT2D eigenvalue weighted by Gasteiger charge is -2.34. The molecule has 190 valence electrons. The van der Waals surface area contributed by atoms with Gasteiger partial charge in [0.05, 0.1) is 15.5 Å². The van der Waals surface area contributed by atoms with E-state index in [0.717, 1.165) is 30.6 Å². The second-order valence-electron chi connectivity index (χ2n) is 9.20. The van der Waals surface area contributed by atoms with Crippen molar-refractivity contribution in [2.24, 2.45) is 0 Å². The molecule has 0 saturated carbocycles. The standard InChI is InChI=1S/C24H32N4O5S2/c1-26(2)35(32,33)22-10-11-23-19(17-22)12-14-28(23)24(29)25-20-7-6-13-27(18-20)15-16-34(30,31)21-8-4-3-5-9-21/h3-5,8-11,17,20H,6-7,12-16,18H2,1-2H3,(H,25,29). The number of carbonyl (C=O) groups excluding carboxylic acids is 1. The van der Waals surface area contributed by atoms with Crippen LogP contribution in [0.1, 0.15) is 18.4 Å². The molecule has 1 atom stereocenters. The third kappa shape index (κ3) is 5.69. The molecule has 11 heteroatoms. The molecule has 2 heterocycles. The Labute approximate surface area is 207 Å². The number of anilines is 1. The van der Waals surface area contributed by atoms with Gasteiger partial charge in [0.15, 0.2) is 9.84 Å². The number of benzene rings is 2. The number of sulfonamides is 1. The van der Waals surface area contributed by atoms with Crippen molar-refractivity contribution in [2.45, 2.75) is 35.1 Å². The van der Waals surface area contributed by atoms with Crippen LogP contribution in [-0.4, -0.2) is 84.1 Å². The highest BCUT2D eigenvalue weighted by Gasteiger charge is 2.30. The molecule has 0 aliphatic carbocycles. The summed E-state index contributed by atoms with van der Waals surface area (Å²) in [6.07, 6.45) is 2.29. The van der Waals surface area contributed by atoms with Gasteiger partial charge < -0.3 is 10.2 Å². The number of urea groups is 1. The largest absolute Gasteiger partial charge is 0.334 e. The molecule has 9 nitrogen and oxygen atoms in total. The third-order valence-corrected chi connectivity index (χ3v) is 10.1. The second kappa shape index (κ2) is 10.3. The SMILES string of the molecule is CN(C)S(=O)(=O)c1ccc2c(c1)CCN2C(=O)NC1CCCN(CCS(=O)(=O)c2ccccc2)C1. The van der Waals surface area contributed by atoms with Crippen LogP contribution in [0.15, 0.2) is 58.3 Å². The Bertz CT molecular complexity index is 1280. The van der Waals surface area contributed by atoms with Crippen LogP contribution in [0.3, 0.4) is 0 Å². The number of nitrogens with zero attached hydrogens (tertiary/aromatic N) is 3. The first-order chi connectivity index (χ1) is 16.6. The van der Waals surface area contributed by atoms with Crippen LogP contribution in [-0.2, 0) is 26.3 Å². The summed E-state index contributed by atoms with van der Waals surface area (Å²) in [5, 5.41) is 3.09. The van der Waals surface area contributed by atoms with E-state index in [4.69, 9.17) is 0 Å². The fraction of sp³-hybridized carbons (Fsp3) is 0.458. The van der Waals surface area contributed by atoms with E-state index in [2.05, 4.69) is 10.2 Å². The normalized spacial score (nSPS) is 19.1. The molecule has 2 aromatic carbocycles. The van der Waals surface area contributed by atoms with Crippen molar-refractivity contribution in [1.82, 2.24) is 14.5 Å². The summed E-state index contributed by atoms with van der Waals surface area (Å²) in [4.78, 5) is 17.3. The first-order valence-electron chi connectivity index (χ1n) is 11.7. The smallest absolute Gasteiger partial charge is 0.322 e. The molecule has 1 fully saturated rings. The lowest BCUT2D eigenvalue weighted by Crippen LogP contribution is -2.52. The molecule has 2 aliphatic rings. The summed E-state index contributed by atoms with van der Waals surface area (Å²) < 4.78 is 51.2. The zero-order valence-corrected chi connectivity index (χ0v) is 21.7. The number of amides is 2. The molecule has 35 heavy (non-hydrogen) atoms. The molecule has 0 spiro atoms. The topological polar surface area (TPSA) is 107 Å². The van der Waals surface area contributed by atoms with Crippen LogP contribution in [0, 0.1) is 0 Å². The van der Waals surface area contributed by atoms with Gasteiger partial charge in [0.25, 0.3) is 0 Å². The van der Waals surface area contributed by atoms with Crippen molar-refractivity contribution in [3.63, 3.8) is 0 Å². The van der Waals surface area contributed by atoms with Crippen molar-refractivity contribution in [3.8, 4) is 0 Å². The first-order valence-corrected chi connectivity index (χ1v) is 14.8. The van der Waals surface area contributed by atoms with Crippen LogP contribution >= 0.6 is 0 Å². The highest BCUT2D eigenvalue weighted by atomic mass is 32.2. The van der Waals surface area contributed by atoms with Crippen LogP contribution in [0.4, 0.5) is 10.5 Å². The van der Waals surface area contributed by atoms with Gasteiger partial charge in [0.2, 0.25) is 10.0 Å². The predicted octanol–water partition coefficient (Wildman–Crippen LogP) is 1.95. The molecule has 2 amide bonds. The summed E-state index contributed by atoms with van der Waals surface area (Å²) in [5.41, 5.74) is 1.56. The zero-order valence-electron chi connectivity index (χ0n) is 20.1. The molecule has 0 radical (unpaired) electrons. The Hall–Kier alpha value is -2.47. The van der Waals surface area contributed by atoms with E-state index in [0.29, 0.717) is 31.0 Å². The monoisotopic (exact) mass is 520 g/mol. The molecule has 2 aromatic rings. The third-order valence-electron chi connectivity index (χ3n) is 6.58. The van der Waals surface area contributed by atoms with E-state index in [1.165, 1.54) is 24.5 Å². The molecule has 1 saturated heterocycles. The van der Waals surface area contributed by atoms with E-state index >= 15 is 0 Å². The van der Waals surface area contributed by atoms with Gasteiger partial charge in [-0.1, -0.05) is 18.2 Å². The maximum absolute atomic E-state index is 13.0. The molecular weight excluding hydrogens is 488 g/mol. The van der Waals surface area contributed by atoms with E-state index in [1.54, 1.807) is 47.4 Å². The fourth-order valence-corrected chi connectivity index (χ4v) is 6.84. The van der Waals surface area contributed by atoms with Crippen LogP contribution in [0.2, 0.25) is 0 Å². The van der Waals surface area contributed by atoms with Crippen LogP contribution in [0.5, 0.6) is 0 Å². The zero-order chi connectivity index (χ0) is 25.2. The molecule has 1 N–H and O–H groups in total. The molecule has 1 unspecified atom stereocenters. The van der Waals surface area contributed by atoms with Gasteiger partial charge in [0, 0.05) is 45.5 Å². The van der Waals surface area contributed by atoms with Gasteiger partial charge in [-0.3, -0.25) is 4.90 Å². The van der Waals surface area contributed by atoms with Crippen molar-refractivity contribution >= 4 is 31.6 Å². The van der Waals surface area contributed by atoms with Gasteiger partial charge >= 0.3 is 6.03 Å². The summed E-state index contributed by atoms with van der Waals surface area (Å²) in [6.45, 7) is 2.29. The number of carbonyl (C=O) groups is 1. The molecule has 0 bridgehead atoms. The van der Waals surface area contributed by atoms with Crippen LogP contribution in [0.25, 0.3) is 0 Å². The maximum atomic E-state index is 13.0. The Kier molecular flexibility index (Phi) is 7.51. The number of hydrogen-bond donors (Lipinski definition) is 1. The Morgan fingerprint density at radius 2 is 1.77 bits per heavy atom. The summed E-state index contributed by atoms with van der Waals surface area (Å²) >= 11 is 0. The Morgan fingerprint density at radius 3 is 2.49 bits per heavy atom. The Morgan fingerprint density at radius 1 is 1.03 bits per heavy atom. The number of rotatable bonds is 7. The molecule has 0 aromatic heterocycles. The minimum absolute atomic E-state index is 0.0371. The number of likely N-dealkylation sites (tertiary alicyclic amines) is 1. The average molecular weight is 521 g/mol. The van der Waals surface area contributed by atoms with Crippen molar-refractivity contribution in [2.75, 3.05) is 50.9 Å². The van der Waals surface area contributed by atoms with Gasteiger partial charge in [-0.2, -0.15) is 0 Å². The van der Waals surface area contributed by atoms with Crippen molar-refractivity contribution in [3.05, 3.63) is 54.1 Å². The van der Waals surface area contributed by atoms with E-state index < -0.39 is 19.9 Å². The highest BCUT2D eigenvalue weighted by Crippen LogP contribution is 2.31. The lowest BCUT2D eigenvalue weighted by molar-refractivity contribution is 0.195. The van der Waals surface area contributed by atoms with Gasteiger partial charge in [-0.05, 0) is 61.7 Å². The van der Waals surface area contributed by atoms with Gasteiger partial charge in [-0.15, -0.1) is 0 Å². The fourth-order valence-electron chi connectivity index (χ4n) is 4.58. The number of hydrogen-bond acceptors (Lipinski definition) is 6. The Balaban J connectivity index is 1.35. The van der Waals surface area contributed by atoms with E-state index in [-0.39, 0.29) is 22.7 Å². The van der Waals surface area contributed by atoms with Crippen molar-refractivity contribution in [1.29, 1.82) is 0 Å². The predicted molar refractivity (Wildman–Crippen MR) is 135 cm³/mol.